The third-order valence-corrected chi connectivity index (χ3v) is 4.05. The molecule has 1 aliphatic heterocycles. The summed E-state index contributed by atoms with van der Waals surface area (Å²) in [4.78, 5) is 24.6. The van der Waals surface area contributed by atoms with Crippen LogP contribution in [0, 0.1) is 16.0 Å². The fourth-order valence-corrected chi connectivity index (χ4v) is 2.86. The number of halogens is 1. The summed E-state index contributed by atoms with van der Waals surface area (Å²) in [6.45, 7) is 3.35. The Labute approximate surface area is 136 Å². The van der Waals surface area contributed by atoms with E-state index in [2.05, 4.69) is 6.92 Å². The van der Waals surface area contributed by atoms with E-state index in [9.17, 15) is 14.9 Å². The van der Waals surface area contributed by atoms with E-state index in [-0.39, 0.29) is 36.5 Å². The minimum atomic E-state index is -0.445. The molecule has 0 bridgehead atoms. The molecule has 0 aromatic heterocycles. The molecule has 2 N–H and O–H groups in total. The zero-order valence-electron chi connectivity index (χ0n) is 12.6. The van der Waals surface area contributed by atoms with Crippen molar-refractivity contribution in [3.8, 4) is 0 Å². The molecular formula is C15H22ClN3O3. The van der Waals surface area contributed by atoms with E-state index in [1.165, 1.54) is 12.1 Å². The number of hydrogen-bond acceptors (Lipinski definition) is 4. The van der Waals surface area contributed by atoms with Crippen molar-refractivity contribution in [1.82, 2.24) is 4.90 Å². The van der Waals surface area contributed by atoms with Crippen LogP contribution >= 0.6 is 12.4 Å². The molecule has 1 aliphatic rings. The van der Waals surface area contributed by atoms with Gasteiger partial charge < -0.3 is 10.6 Å². The van der Waals surface area contributed by atoms with Crippen molar-refractivity contribution in [1.29, 1.82) is 0 Å². The fourth-order valence-electron chi connectivity index (χ4n) is 2.86. The minimum Gasteiger partial charge on any atom is -0.338 e. The number of carbonyl (C=O) groups is 1. The number of amides is 1. The molecule has 1 saturated heterocycles. The molecule has 22 heavy (non-hydrogen) atoms. The summed E-state index contributed by atoms with van der Waals surface area (Å²) in [6.07, 6.45) is 2.10. The topological polar surface area (TPSA) is 89.5 Å². The van der Waals surface area contributed by atoms with Crippen molar-refractivity contribution in [3.63, 3.8) is 0 Å². The number of piperidine rings is 1. The van der Waals surface area contributed by atoms with Crippen molar-refractivity contribution >= 4 is 24.0 Å². The van der Waals surface area contributed by atoms with Crippen molar-refractivity contribution in [2.75, 3.05) is 13.1 Å². The average molecular weight is 328 g/mol. The number of nitrogens with zero attached hydrogens (tertiary/aromatic N) is 2. The van der Waals surface area contributed by atoms with Gasteiger partial charge in [-0.05, 0) is 24.3 Å². The molecule has 1 heterocycles. The summed E-state index contributed by atoms with van der Waals surface area (Å²) in [5.74, 6) is 0.582. The molecule has 0 spiro atoms. The molecule has 2 rings (SSSR count). The van der Waals surface area contributed by atoms with E-state index >= 15 is 0 Å². The van der Waals surface area contributed by atoms with Gasteiger partial charge in [0.15, 0.2) is 0 Å². The summed E-state index contributed by atoms with van der Waals surface area (Å²) in [5.41, 5.74) is 6.45. The summed E-state index contributed by atoms with van der Waals surface area (Å²) in [6, 6.07) is 6.33. The maximum absolute atomic E-state index is 12.4. The van der Waals surface area contributed by atoms with Crippen LogP contribution in [0.4, 0.5) is 5.69 Å². The molecule has 6 nitrogen and oxygen atoms in total. The van der Waals surface area contributed by atoms with Gasteiger partial charge in [-0.25, -0.2) is 0 Å². The Bertz CT molecular complexity index is 539. The predicted molar refractivity (Wildman–Crippen MR) is 87.0 cm³/mol. The van der Waals surface area contributed by atoms with E-state index in [0.717, 1.165) is 19.4 Å². The van der Waals surface area contributed by atoms with Crippen molar-refractivity contribution in [3.05, 3.63) is 39.9 Å². The molecule has 122 valence electrons. The van der Waals surface area contributed by atoms with Gasteiger partial charge in [0.25, 0.3) is 5.69 Å². The zero-order chi connectivity index (χ0) is 15.4. The summed E-state index contributed by atoms with van der Waals surface area (Å²) >= 11 is 0. The van der Waals surface area contributed by atoms with Crippen LogP contribution in [0.5, 0.6) is 0 Å². The predicted octanol–water partition coefficient (Wildman–Crippen LogP) is 2.14. The Kier molecular flexibility index (Phi) is 6.77. The standard InChI is InChI=1S/C15H21N3O3.ClH/c1-11-5-6-17(14(7-11)10-16)15(19)9-12-3-2-4-13(8-12)18(20)21;/h2-4,8,11,14H,5-7,9-10,16H2,1H3;1H. The van der Waals surface area contributed by atoms with Crippen LogP contribution in [0.15, 0.2) is 24.3 Å². The lowest BCUT2D eigenvalue weighted by atomic mass is 9.92. The summed E-state index contributed by atoms with van der Waals surface area (Å²) in [7, 11) is 0. The molecule has 0 saturated carbocycles. The number of nitro benzene ring substituents is 1. The second kappa shape index (κ2) is 8.10. The number of nitrogens with two attached hydrogens (primary N) is 1. The Morgan fingerprint density at radius 2 is 2.23 bits per heavy atom. The molecule has 0 radical (unpaired) electrons. The zero-order valence-corrected chi connectivity index (χ0v) is 13.4. The minimum absolute atomic E-state index is 0. The number of rotatable bonds is 4. The highest BCUT2D eigenvalue weighted by atomic mass is 35.5. The Morgan fingerprint density at radius 1 is 1.50 bits per heavy atom. The van der Waals surface area contributed by atoms with Crippen LogP contribution in [0.2, 0.25) is 0 Å². The van der Waals surface area contributed by atoms with E-state index in [4.69, 9.17) is 5.73 Å². The Balaban J connectivity index is 0.00000242. The van der Waals surface area contributed by atoms with Gasteiger partial charge in [-0.15, -0.1) is 12.4 Å². The SMILES string of the molecule is CC1CCN(C(=O)Cc2cccc([N+](=O)[O-])c2)C(CN)C1.Cl. The third kappa shape index (κ3) is 4.42. The molecular weight excluding hydrogens is 306 g/mol. The lowest BCUT2D eigenvalue weighted by Gasteiger charge is -2.38. The number of likely N-dealkylation sites (tertiary alicyclic amines) is 1. The monoisotopic (exact) mass is 327 g/mol. The normalized spacial score (nSPS) is 21.1. The molecule has 1 fully saturated rings. The van der Waals surface area contributed by atoms with Gasteiger partial charge in [0, 0.05) is 31.3 Å². The van der Waals surface area contributed by atoms with Gasteiger partial charge in [0.2, 0.25) is 5.91 Å². The van der Waals surface area contributed by atoms with Crippen LogP contribution in [-0.4, -0.2) is 34.9 Å². The van der Waals surface area contributed by atoms with E-state index in [1.54, 1.807) is 12.1 Å². The Hall–Kier alpha value is -1.66. The lowest BCUT2D eigenvalue weighted by molar-refractivity contribution is -0.384. The molecule has 2 unspecified atom stereocenters. The largest absolute Gasteiger partial charge is 0.338 e. The van der Waals surface area contributed by atoms with Gasteiger partial charge in [0.1, 0.15) is 0 Å². The van der Waals surface area contributed by atoms with Crippen LogP contribution in [-0.2, 0) is 11.2 Å². The third-order valence-electron chi connectivity index (χ3n) is 4.05. The highest BCUT2D eigenvalue weighted by molar-refractivity contribution is 5.85. The maximum Gasteiger partial charge on any atom is 0.269 e. The molecule has 1 aromatic carbocycles. The number of nitro groups is 1. The number of non-ortho nitro benzene ring substituents is 1. The first kappa shape index (κ1) is 18.4. The van der Waals surface area contributed by atoms with Crippen molar-refractivity contribution in [2.24, 2.45) is 11.7 Å². The summed E-state index contributed by atoms with van der Waals surface area (Å²) < 4.78 is 0. The maximum atomic E-state index is 12.4. The van der Waals surface area contributed by atoms with Gasteiger partial charge >= 0.3 is 0 Å². The summed E-state index contributed by atoms with van der Waals surface area (Å²) in [5, 5.41) is 10.8. The fraction of sp³-hybridized carbons (Fsp3) is 0.533. The van der Waals surface area contributed by atoms with Crippen LogP contribution < -0.4 is 5.73 Å². The van der Waals surface area contributed by atoms with Crippen LogP contribution in [0.1, 0.15) is 25.3 Å². The van der Waals surface area contributed by atoms with Crippen LogP contribution in [0.25, 0.3) is 0 Å². The number of benzene rings is 1. The van der Waals surface area contributed by atoms with E-state index in [1.807, 2.05) is 4.90 Å². The lowest BCUT2D eigenvalue weighted by Crippen LogP contribution is -2.49. The second-order valence-corrected chi connectivity index (χ2v) is 5.71. The molecule has 1 aromatic rings. The van der Waals surface area contributed by atoms with Crippen molar-refractivity contribution < 1.29 is 9.72 Å². The first-order valence-electron chi connectivity index (χ1n) is 7.24. The van der Waals surface area contributed by atoms with Gasteiger partial charge in [-0.2, -0.15) is 0 Å². The number of carbonyl (C=O) groups excluding carboxylic acids is 1. The first-order valence-corrected chi connectivity index (χ1v) is 7.24. The van der Waals surface area contributed by atoms with Gasteiger partial charge in [-0.1, -0.05) is 19.1 Å². The first-order chi connectivity index (χ1) is 10.0. The average Bonchev–Trinajstić information content (AvgIpc) is 2.47. The quantitative estimate of drug-likeness (QED) is 0.677. The highest BCUT2D eigenvalue weighted by Crippen LogP contribution is 2.23. The highest BCUT2D eigenvalue weighted by Gasteiger charge is 2.28. The van der Waals surface area contributed by atoms with Crippen LogP contribution in [0.3, 0.4) is 0 Å². The van der Waals surface area contributed by atoms with Crippen molar-refractivity contribution in [2.45, 2.75) is 32.2 Å². The molecule has 0 aliphatic carbocycles. The smallest absolute Gasteiger partial charge is 0.269 e. The molecule has 1 amide bonds. The van der Waals surface area contributed by atoms with E-state index < -0.39 is 4.92 Å². The van der Waals surface area contributed by atoms with Gasteiger partial charge in [-0.3, -0.25) is 14.9 Å². The molecule has 7 heteroatoms. The Morgan fingerprint density at radius 3 is 2.86 bits per heavy atom. The molecule has 2 atom stereocenters. The van der Waals surface area contributed by atoms with E-state index in [0.29, 0.717) is 18.0 Å². The second-order valence-electron chi connectivity index (χ2n) is 5.71. The van der Waals surface area contributed by atoms with Gasteiger partial charge in [0.05, 0.1) is 11.3 Å². The number of hydrogen-bond donors (Lipinski definition) is 1.